The number of guanidine groups is 1. The number of rotatable bonds is 10. The highest BCUT2D eigenvalue weighted by molar-refractivity contribution is 7.89. The number of hydrogen-bond acceptors (Lipinski definition) is 5. The summed E-state index contributed by atoms with van der Waals surface area (Å²) in [5.74, 6) is -0.889. The van der Waals surface area contributed by atoms with E-state index in [1.54, 1.807) is 38.1 Å². The van der Waals surface area contributed by atoms with Crippen molar-refractivity contribution in [1.82, 2.24) is 10.0 Å². The zero-order valence-electron chi connectivity index (χ0n) is 22.4. The number of carboxylic acid groups (broad SMARTS) is 1. The predicted molar refractivity (Wildman–Crippen MR) is 153 cm³/mol. The summed E-state index contributed by atoms with van der Waals surface area (Å²) in [6, 6.07) is 17.1. The van der Waals surface area contributed by atoms with E-state index in [0.717, 1.165) is 28.8 Å². The maximum atomic E-state index is 13.1. The van der Waals surface area contributed by atoms with Crippen molar-refractivity contribution in [3.63, 3.8) is 0 Å². The maximum absolute atomic E-state index is 13.1. The topological polar surface area (TPSA) is 144 Å². The van der Waals surface area contributed by atoms with Gasteiger partial charge in [-0.2, -0.15) is 9.98 Å². The molecule has 4 N–H and O–H groups in total. The normalized spacial score (nSPS) is 12.4. The van der Waals surface area contributed by atoms with E-state index in [1.807, 2.05) is 56.4 Å². The Balaban J connectivity index is 1.78. The fourth-order valence-electron chi connectivity index (χ4n) is 4.39. The average molecular weight is 548 g/mol. The van der Waals surface area contributed by atoms with Gasteiger partial charge in [0.05, 0.1) is 4.90 Å². The van der Waals surface area contributed by atoms with Crippen molar-refractivity contribution in [3.8, 4) is 17.3 Å². The Morgan fingerprint density at radius 3 is 2.28 bits per heavy atom. The number of benzene rings is 3. The van der Waals surface area contributed by atoms with Gasteiger partial charge in [0, 0.05) is 12.2 Å². The quantitative estimate of drug-likeness (QED) is 0.127. The molecule has 3 aromatic rings. The standard InChI is InChI=1S/C29H33N5O4S/c1-5-13-31-29(32-18-30)33-25-8-6-7-24(17-25)23-11-9-22(10-12-23)16-26(28(35)36)34-39(37,38)27-20(3)14-19(2)15-21(27)4/h6-12,14-15,17,26,34H,5,13,16H2,1-4H3,(H,35,36)(H2,31,32,33)/t26-/m0/s1. The summed E-state index contributed by atoms with van der Waals surface area (Å²) in [6.07, 6.45) is 2.71. The maximum Gasteiger partial charge on any atom is 0.322 e. The number of nitrogens with one attached hydrogen (secondary N) is 3. The van der Waals surface area contributed by atoms with Crippen LogP contribution >= 0.6 is 0 Å². The first-order chi connectivity index (χ1) is 18.5. The molecule has 0 bridgehead atoms. The van der Waals surface area contributed by atoms with Gasteiger partial charge in [0.1, 0.15) is 6.04 Å². The molecule has 0 saturated heterocycles. The van der Waals surface area contributed by atoms with Crippen molar-refractivity contribution < 1.29 is 18.3 Å². The van der Waals surface area contributed by atoms with Crippen LogP contribution in [-0.2, 0) is 21.2 Å². The molecule has 0 unspecified atom stereocenters. The van der Waals surface area contributed by atoms with E-state index in [-0.39, 0.29) is 11.3 Å². The van der Waals surface area contributed by atoms with Crippen LogP contribution in [0.1, 0.15) is 35.6 Å². The Kier molecular flexibility index (Phi) is 9.82. The van der Waals surface area contributed by atoms with Crippen molar-refractivity contribution in [2.45, 2.75) is 51.5 Å². The Hall–Kier alpha value is -4.20. The lowest BCUT2D eigenvalue weighted by Gasteiger charge is -2.18. The van der Waals surface area contributed by atoms with Crippen LogP contribution in [0.2, 0.25) is 0 Å². The lowest BCUT2D eigenvalue weighted by atomic mass is 10.0. The summed E-state index contributed by atoms with van der Waals surface area (Å²) in [6.45, 7) is 7.86. The first kappa shape index (κ1) is 29.4. The van der Waals surface area contributed by atoms with E-state index in [0.29, 0.717) is 29.2 Å². The molecule has 9 nitrogen and oxygen atoms in total. The molecule has 0 heterocycles. The fraction of sp³-hybridized carbons (Fsp3) is 0.276. The zero-order valence-corrected chi connectivity index (χ0v) is 23.3. The Morgan fingerprint density at radius 1 is 1.03 bits per heavy atom. The summed E-state index contributed by atoms with van der Waals surface area (Å²) in [5.41, 5.74) is 5.28. The number of carboxylic acids is 1. The van der Waals surface area contributed by atoms with E-state index >= 15 is 0 Å². The molecular formula is C29H33N5O4S. The molecular weight excluding hydrogens is 514 g/mol. The highest BCUT2D eigenvalue weighted by atomic mass is 32.2. The van der Waals surface area contributed by atoms with Gasteiger partial charge in [0.15, 0.2) is 6.19 Å². The highest BCUT2D eigenvalue weighted by Gasteiger charge is 2.28. The van der Waals surface area contributed by atoms with Crippen molar-refractivity contribution >= 4 is 27.6 Å². The molecule has 0 radical (unpaired) electrons. The van der Waals surface area contributed by atoms with E-state index < -0.39 is 22.0 Å². The van der Waals surface area contributed by atoms with Gasteiger partial charge in [-0.05, 0) is 73.6 Å². The highest BCUT2D eigenvalue weighted by Crippen LogP contribution is 2.25. The molecule has 204 valence electrons. The molecule has 0 aromatic heterocycles. The minimum atomic E-state index is -4.05. The number of aliphatic imine (C=N–C) groups is 1. The summed E-state index contributed by atoms with van der Waals surface area (Å²) in [4.78, 5) is 16.4. The minimum absolute atomic E-state index is 0.0164. The zero-order chi connectivity index (χ0) is 28.6. The summed E-state index contributed by atoms with van der Waals surface area (Å²) in [7, 11) is -4.05. The van der Waals surface area contributed by atoms with E-state index in [9.17, 15) is 18.3 Å². The van der Waals surface area contributed by atoms with Crippen LogP contribution in [0.25, 0.3) is 11.1 Å². The smallest absolute Gasteiger partial charge is 0.322 e. The molecule has 0 fully saturated rings. The lowest BCUT2D eigenvalue weighted by Crippen LogP contribution is -2.42. The van der Waals surface area contributed by atoms with E-state index in [4.69, 9.17) is 5.26 Å². The number of aryl methyl sites for hydroxylation is 3. The SMILES string of the molecule is CCCN=C(NC#N)Nc1cccc(-c2ccc(C[C@H](NS(=O)(=O)c3c(C)cc(C)cc3C)C(=O)O)cc2)c1. The number of aliphatic carboxylic acids is 1. The van der Waals surface area contributed by atoms with Gasteiger partial charge in [0.25, 0.3) is 0 Å². The molecule has 3 aromatic carbocycles. The second kappa shape index (κ2) is 13.0. The van der Waals surface area contributed by atoms with E-state index in [2.05, 4.69) is 20.3 Å². The third kappa shape index (κ3) is 7.89. The number of carbonyl (C=O) groups is 1. The van der Waals surface area contributed by atoms with Crippen molar-refractivity contribution in [2.75, 3.05) is 11.9 Å². The van der Waals surface area contributed by atoms with Gasteiger partial charge in [-0.1, -0.05) is 61.0 Å². The van der Waals surface area contributed by atoms with Crippen molar-refractivity contribution in [2.24, 2.45) is 4.99 Å². The lowest BCUT2D eigenvalue weighted by molar-refractivity contribution is -0.138. The van der Waals surface area contributed by atoms with Gasteiger partial charge in [0.2, 0.25) is 16.0 Å². The second-order valence-corrected chi connectivity index (χ2v) is 11.0. The van der Waals surface area contributed by atoms with Crippen molar-refractivity contribution in [1.29, 1.82) is 5.26 Å². The van der Waals surface area contributed by atoms with Gasteiger partial charge in [-0.15, -0.1) is 0 Å². The minimum Gasteiger partial charge on any atom is -0.480 e. The largest absolute Gasteiger partial charge is 0.480 e. The summed E-state index contributed by atoms with van der Waals surface area (Å²) in [5, 5.41) is 24.4. The molecule has 0 aliphatic heterocycles. The number of nitrogens with zero attached hydrogens (tertiary/aromatic N) is 2. The monoisotopic (exact) mass is 547 g/mol. The van der Waals surface area contributed by atoms with Gasteiger partial charge in [-0.3, -0.25) is 15.1 Å². The first-order valence-electron chi connectivity index (χ1n) is 12.5. The Bertz CT molecular complexity index is 1490. The Morgan fingerprint density at radius 2 is 1.69 bits per heavy atom. The number of anilines is 1. The van der Waals surface area contributed by atoms with Crippen LogP contribution in [0.4, 0.5) is 5.69 Å². The molecule has 0 aliphatic rings. The summed E-state index contributed by atoms with van der Waals surface area (Å²) < 4.78 is 28.6. The average Bonchev–Trinajstić information content (AvgIpc) is 2.86. The molecule has 39 heavy (non-hydrogen) atoms. The molecule has 1 atom stereocenters. The van der Waals surface area contributed by atoms with Crippen LogP contribution in [0, 0.1) is 32.2 Å². The van der Waals surface area contributed by atoms with Gasteiger partial charge in [-0.25, -0.2) is 8.42 Å². The number of hydrogen-bond donors (Lipinski definition) is 4. The molecule has 0 spiro atoms. The third-order valence-electron chi connectivity index (χ3n) is 5.99. The van der Waals surface area contributed by atoms with Crippen molar-refractivity contribution in [3.05, 3.63) is 82.9 Å². The van der Waals surface area contributed by atoms with Crippen LogP contribution < -0.4 is 15.4 Å². The van der Waals surface area contributed by atoms with Gasteiger partial charge >= 0.3 is 5.97 Å². The van der Waals surface area contributed by atoms with Crippen LogP contribution in [0.3, 0.4) is 0 Å². The number of sulfonamides is 1. The summed E-state index contributed by atoms with van der Waals surface area (Å²) >= 11 is 0. The molecule has 10 heteroatoms. The van der Waals surface area contributed by atoms with Crippen LogP contribution in [0.5, 0.6) is 0 Å². The van der Waals surface area contributed by atoms with E-state index in [1.165, 1.54) is 0 Å². The van der Waals surface area contributed by atoms with Gasteiger partial charge < -0.3 is 10.4 Å². The second-order valence-electron chi connectivity index (χ2n) is 9.31. The van der Waals surface area contributed by atoms with Crippen LogP contribution in [-0.4, -0.2) is 38.0 Å². The first-order valence-corrected chi connectivity index (χ1v) is 14.0. The van der Waals surface area contributed by atoms with Crippen LogP contribution in [0.15, 0.2) is 70.6 Å². The molecule has 0 saturated carbocycles. The third-order valence-corrected chi connectivity index (χ3v) is 7.77. The fourth-order valence-corrected chi connectivity index (χ4v) is 6.03. The molecule has 3 rings (SSSR count). The molecule has 0 aliphatic carbocycles. The Labute approximate surface area is 229 Å². The predicted octanol–water partition coefficient (Wildman–Crippen LogP) is 4.50. The number of nitriles is 1. The molecule has 0 amide bonds.